The Bertz CT molecular complexity index is 433. The molecule has 19 heavy (non-hydrogen) atoms. The fourth-order valence-corrected chi connectivity index (χ4v) is 2.42. The molecule has 0 radical (unpaired) electrons. The van der Waals surface area contributed by atoms with E-state index in [0.717, 1.165) is 25.2 Å². The van der Waals surface area contributed by atoms with E-state index in [2.05, 4.69) is 27.3 Å². The van der Waals surface area contributed by atoms with Crippen LogP contribution in [0.15, 0.2) is 12.1 Å². The highest BCUT2D eigenvalue weighted by Gasteiger charge is 2.25. The summed E-state index contributed by atoms with van der Waals surface area (Å²) in [6.45, 7) is 3.79. The molecule has 2 unspecified atom stereocenters. The van der Waals surface area contributed by atoms with Crippen molar-refractivity contribution in [3.05, 3.63) is 17.8 Å². The quantitative estimate of drug-likeness (QED) is 0.824. The van der Waals surface area contributed by atoms with E-state index in [4.69, 9.17) is 5.73 Å². The molecule has 2 heterocycles. The number of piperidine rings is 1. The largest absolute Gasteiger partial charge is 0.354 e. The smallest absolute Gasteiger partial charge is 0.271 e. The summed E-state index contributed by atoms with van der Waals surface area (Å²) in [4.78, 5) is 13.6. The fourth-order valence-electron chi connectivity index (χ4n) is 2.42. The third kappa shape index (κ3) is 3.01. The van der Waals surface area contributed by atoms with Gasteiger partial charge in [0.25, 0.3) is 5.91 Å². The molecule has 104 valence electrons. The zero-order valence-corrected chi connectivity index (χ0v) is 11.5. The van der Waals surface area contributed by atoms with Crippen molar-refractivity contribution in [3.63, 3.8) is 0 Å². The first-order valence-corrected chi connectivity index (χ1v) is 6.68. The standard InChI is InChI=1S/C13H21N5O/c1-9-3-4-10(7-14)8-18(9)12-6-5-11(16-17-12)13(19)15-2/h5-6,9-10H,3-4,7-8,14H2,1-2H3,(H,15,19). The van der Waals surface area contributed by atoms with Gasteiger partial charge < -0.3 is 16.0 Å². The molecule has 1 fully saturated rings. The summed E-state index contributed by atoms with van der Waals surface area (Å²) >= 11 is 0. The Morgan fingerprint density at radius 2 is 2.26 bits per heavy atom. The van der Waals surface area contributed by atoms with Gasteiger partial charge in [0.1, 0.15) is 0 Å². The van der Waals surface area contributed by atoms with E-state index in [-0.39, 0.29) is 5.91 Å². The molecule has 0 bridgehead atoms. The van der Waals surface area contributed by atoms with Crippen molar-refractivity contribution in [3.8, 4) is 0 Å². The Labute approximate surface area is 113 Å². The van der Waals surface area contributed by atoms with E-state index in [1.807, 2.05) is 6.07 Å². The Morgan fingerprint density at radius 3 is 2.84 bits per heavy atom. The molecule has 1 aliphatic heterocycles. The number of nitrogens with one attached hydrogen (secondary N) is 1. The molecule has 1 aromatic rings. The molecule has 0 aliphatic carbocycles. The van der Waals surface area contributed by atoms with Gasteiger partial charge in [-0.3, -0.25) is 4.79 Å². The Kier molecular flexibility index (Phi) is 4.31. The first-order valence-electron chi connectivity index (χ1n) is 6.68. The Morgan fingerprint density at radius 1 is 1.47 bits per heavy atom. The lowest BCUT2D eigenvalue weighted by molar-refractivity contribution is 0.0957. The lowest BCUT2D eigenvalue weighted by Crippen LogP contribution is -2.44. The molecule has 1 aliphatic rings. The zero-order valence-electron chi connectivity index (χ0n) is 11.5. The maximum Gasteiger partial charge on any atom is 0.271 e. The van der Waals surface area contributed by atoms with Gasteiger partial charge in [-0.15, -0.1) is 10.2 Å². The van der Waals surface area contributed by atoms with E-state index in [9.17, 15) is 4.79 Å². The second kappa shape index (κ2) is 5.97. The van der Waals surface area contributed by atoms with Gasteiger partial charge in [0.05, 0.1) is 0 Å². The van der Waals surface area contributed by atoms with Gasteiger partial charge in [0, 0.05) is 19.6 Å². The molecule has 6 nitrogen and oxygen atoms in total. The maximum atomic E-state index is 11.4. The minimum absolute atomic E-state index is 0.217. The first-order chi connectivity index (χ1) is 9.15. The van der Waals surface area contributed by atoms with E-state index < -0.39 is 0 Å². The minimum atomic E-state index is -0.217. The Balaban J connectivity index is 2.14. The average molecular weight is 263 g/mol. The van der Waals surface area contributed by atoms with Crippen LogP contribution in [-0.4, -0.2) is 42.3 Å². The molecular weight excluding hydrogens is 242 g/mol. The van der Waals surface area contributed by atoms with Gasteiger partial charge in [0.15, 0.2) is 11.5 Å². The molecule has 0 spiro atoms. The highest BCUT2D eigenvalue weighted by atomic mass is 16.1. The van der Waals surface area contributed by atoms with Crippen LogP contribution in [0.4, 0.5) is 5.82 Å². The van der Waals surface area contributed by atoms with Crippen LogP contribution in [0.25, 0.3) is 0 Å². The molecular formula is C13H21N5O. The Hall–Kier alpha value is -1.69. The summed E-state index contributed by atoms with van der Waals surface area (Å²) in [6.07, 6.45) is 2.28. The third-order valence-corrected chi connectivity index (χ3v) is 3.72. The van der Waals surface area contributed by atoms with Gasteiger partial charge in [-0.05, 0) is 44.4 Å². The zero-order chi connectivity index (χ0) is 13.8. The minimum Gasteiger partial charge on any atom is -0.354 e. The third-order valence-electron chi connectivity index (χ3n) is 3.72. The van der Waals surface area contributed by atoms with E-state index in [0.29, 0.717) is 24.2 Å². The molecule has 0 saturated carbocycles. The summed E-state index contributed by atoms with van der Waals surface area (Å²) < 4.78 is 0. The number of nitrogens with two attached hydrogens (primary N) is 1. The van der Waals surface area contributed by atoms with Crippen molar-refractivity contribution in [1.29, 1.82) is 0 Å². The van der Waals surface area contributed by atoms with Crippen LogP contribution < -0.4 is 16.0 Å². The van der Waals surface area contributed by atoms with Crippen molar-refractivity contribution >= 4 is 11.7 Å². The first kappa shape index (κ1) is 13.7. The summed E-state index contributed by atoms with van der Waals surface area (Å²) in [6, 6.07) is 4.00. The lowest BCUT2D eigenvalue weighted by atomic mass is 9.93. The van der Waals surface area contributed by atoms with Gasteiger partial charge >= 0.3 is 0 Å². The van der Waals surface area contributed by atoms with E-state index in [1.165, 1.54) is 0 Å². The molecule has 1 saturated heterocycles. The number of amides is 1. The van der Waals surface area contributed by atoms with Crippen molar-refractivity contribution < 1.29 is 4.79 Å². The molecule has 6 heteroatoms. The van der Waals surface area contributed by atoms with Gasteiger partial charge in [0.2, 0.25) is 0 Å². The van der Waals surface area contributed by atoms with Crippen LogP contribution in [0, 0.1) is 5.92 Å². The number of carbonyl (C=O) groups excluding carboxylic acids is 1. The second-order valence-electron chi connectivity index (χ2n) is 5.04. The summed E-state index contributed by atoms with van der Waals surface area (Å²) in [7, 11) is 1.58. The molecule has 1 aromatic heterocycles. The molecule has 2 atom stereocenters. The highest BCUT2D eigenvalue weighted by molar-refractivity contribution is 5.91. The lowest BCUT2D eigenvalue weighted by Gasteiger charge is -2.38. The van der Waals surface area contributed by atoms with Crippen LogP contribution in [-0.2, 0) is 0 Å². The predicted molar refractivity (Wildman–Crippen MR) is 74.0 cm³/mol. The highest BCUT2D eigenvalue weighted by Crippen LogP contribution is 2.25. The molecule has 1 amide bonds. The number of aromatic nitrogens is 2. The van der Waals surface area contributed by atoms with Gasteiger partial charge in [-0.2, -0.15) is 0 Å². The molecule has 2 rings (SSSR count). The normalized spacial score (nSPS) is 23.2. The van der Waals surface area contributed by atoms with Crippen LogP contribution >= 0.6 is 0 Å². The number of hydrogen-bond acceptors (Lipinski definition) is 5. The summed E-state index contributed by atoms with van der Waals surface area (Å²) in [5.41, 5.74) is 6.09. The molecule has 0 aromatic carbocycles. The number of nitrogens with zero attached hydrogens (tertiary/aromatic N) is 3. The second-order valence-corrected chi connectivity index (χ2v) is 5.04. The topological polar surface area (TPSA) is 84.1 Å². The van der Waals surface area contributed by atoms with Gasteiger partial charge in [-0.1, -0.05) is 0 Å². The predicted octanol–water partition coefficient (Wildman–Crippen LogP) is 0.400. The van der Waals surface area contributed by atoms with Crippen LogP contribution in [0.5, 0.6) is 0 Å². The average Bonchev–Trinajstić information content (AvgIpc) is 2.47. The summed E-state index contributed by atoms with van der Waals surface area (Å²) in [5.74, 6) is 1.11. The molecule has 3 N–H and O–H groups in total. The van der Waals surface area contributed by atoms with Crippen LogP contribution in [0.3, 0.4) is 0 Å². The van der Waals surface area contributed by atoms with Gasteiger partial charge in [-0.25, -0.2) is 0 Å². The van der Waals surface area contributed by atoms with Crippen molar-refractivity contribution in [2.75, 3.05) is 25.0 Å². The van der Waals surface area contributed by atoms with Crippen molar-refractivity contribution in [1.82, 2.24) is 15.5 Å². The van der Waals surface area contributed by atoms with E-state index in [1.54, 1.807) is 13.1 Å². The van der Waals surface area contributed by atoms with Crippen LogP contribution in [0.2, 0.25) is 0 Å². The van der Waals surface area contributed by atoms with Crippen LogP contribution in [0.1, 0.15) is 30.3 Å². The number of carbonyl (C=O) groups is 1. The maximum absolute atomic E-state index is 11.4. The van der Waals surface area contributed by atoms with E-state index >= 15 is 0 Å². The number of rotatable bonds is 3. The fraction of sp³-hybridized carbons (Fsp3) is 0.615. The SMILES string of the molecule is CNC(=O)c1ccc(N2CC(CN)CCC2C)nn1. The van der Waals surface area contributed by atoms with Crippen molar-refractivity contribution in [2.45, 2.75) is 25.8 Å². The number of hydrogen-bond donors (Lipinski definition) is 2. The van der Waals surface area contributed by atoms with Crippen molar-refractivity contribution in [2.24, 2.45) is 11.7 Å². The number of anilines is 1. The monoisotopic (exact) mass is 263 g/mol. The summed E-state index contributed by atoms with van der Waals surface area (Å²) in [5, 5.41) is 10.7.